The van der Waals surface area contributed by atoms with Crippen LogP contribution in [0.5, 0.6) is 23.0 Å². The number of carbonyl (C=O) groups is 3. The number of benzene rings is 3. The van der Waals surface area contributed by atoms with E-state index in [4.69, 9.17) is 14.2 Å². The van der Waals surface area contributed by atoms with Crippen LogP contribution >= 0.6 is 12.6 Å². The van der Waals surface area contributed by atoms with Gasteiger partial charge in [0.15, 0.2) is 23.1 Å². The third kappa shape index (κ3) is 8.38. The van der Waals surface area contributed by atoms with Gasteiger partial charge in [-0.1, -0.05) is 0 Å². The molecule has 1 atom stereocenters. The van der Waals surface area contributed by atoms with Crippen molar-refractivity contribution in [3.05, 3.63) is 78.5 Å². The molecule has 1 aliphatic rings. The summed E-state index contributed by atoms with van der Waals surface area (Å²) in [6.07, 6.45) is 3.14. The van der Waals surface area contributed by atoms with E-state index in [0.29, 0.717) is 78.4 Å². The van der Waals surface area contributed by atoms with Gasteiger partial charge in [-0.25, -0.2) is 8.78 Å². The highest BCUT2D eigenvalue weighted by molar-refractivity contribution is 7.80. The number of thiol groups is 1. The fourth-order valence-corrected chi connectivity index (χ4v) is 5.54. The Labute approximate surface area is 287 Å². The number of hydrogen-bond acceptors (Lipinski definition) is 9. The number of methoxy groups -OCH3 is 1. The van der Waals surface area contributed by atoms with Gasteiger partial charge >= 0.3 is 5.97 Å². The third-order valence-electron chi connectivity index (χ3n) is 8.25. The lowest BCUT2D eigenvalue weighted by molar-refractivity contribution is -0.143. The maximum Gasteiger partial charge on any atom is 0.320 e. The van der Waals surface area contributed by atoms with E-state index in [0.717, 1.165) is 6.07 Å². The van der Waals surface area contributed by atoms with Gasteiger partial charge in [-0.2, -0.15) is 12.6 Å². The molecular formula is C35H36F2N4O7S. The Morgan fingerprint density at radius 1 is 0.959 bits per heavy atom. The van der Waals surface area contributed by atoms with Crippen LogP contribution in [0.15, 0.2) is 66.9 Å². The molecule has 3 N–H and O–H groups in total. The van der Waals surface area contributed by atoms with E-state index >= 15 is 4.39 Å². The van der Waals surface area contributed by atoms with Crippen molar-refractivity contribution >= 4 is 52.7 Å². The number of carbonyl (C=O) groups excluding carboxylic acids is 2. The number of hydrogen-bond donors (Lipinski definition) is 4. The monoisotopic (exact) mass is 694 g/mol. The van der Waals surface area contributed by atoms with E-state index in [1.807, 2.05) is 0 Å². The van der Waals surface area contributed by atoms with Gasteiger partial charge in [0.1, 0.15) is 23.0 Å². The first-order chi connectivity index (χ1) is 23.5. The lowest BCUT2D eigenvalue weighted by Gasteiger charge is -2.24. The van der Waals surface area contributed by atoms with Crippen LogP contribution < -0.4 is 24.8 Å². The zero-order valence-electron chi connectivity index (χ0n) is 26.9. The van der Waals surface area contributed by atoms with Gasteiger partial charge in [0.05, 0.1) is 19.2 Å². The van der Waals surface area contributed by atoms with Gasteiger partial charge in [-0.3, -0.25) is 24.3 Å². The summed E-state index contributed by atoms with van der Waals surface area (Å²) < 4.78 is 45.9. The number of nitrogens with zero attached hydrogens (tertiary/aromatic N) is 2. The van der Waals surface area contributed by atoms with Gasteiger partial charge in [0.25, 0.3) is 0 Å². The smallest absolute Gasteiger partial charge is 0.320 e. The van der Waals surface area contributed by atoms with Crippen LogP contribution in [-0.4, -0.2) is 71.9 Å². The molecule has 1 aliphatic carbocycles. The molecule has 1 fully saturated rings. The number of aliphatic carboxylic acids is 1. The zero-order chi connectivity index (χ0) is 35.1. The van der Waals surface area contributed by atoms with Gasteiger partial charge in [-0.05, 0) is 87.0 Å². The maximum atomic E-state index is 15.3. The molecule has 5 rings (SSSR count). The predicted octanol–water partition coefficient (Wildman–Crippen LogP) is 6.15. The number of anilines is 2. The number of nitrogens with one attached hydrogen (secondary N) is 2. The Morgan fingerprint density at radius 2 is 1.65 bits per heavy atom. The number of aromatic nitrogens is 1. The number of pyridine rings is 1. The fraction of sp³-hybridized carbons (Fsp3) is 0.314. The van der Waals surface area contributed by atoms with Gasteiger partial charge in [0, 0.05) is 41.6 Å². The lowest BCUT2D eigenvalue weighted by Crippen LogP contribution is -2.39. The SMILES string of the molecule is COc1cc2c(Oc3ccc(NC(=O)C4(C(=O)Nc5ccc(F)cc5)CC4)cc3F)ccnc2cc1OCCCN(C)C(CCS)C(=O)O. The number of halogens is 2. The summed E-state index contributed by atoms with van der Waals surface area (Å²) in [6.45, 7) is 0.794. The summed E-state index contributed by atoms with van der Waals surface area (Å²) in [5, 5.41) is 15.2. The minimum absolute atomic E-state index is 0.110. The summed E-state index contributed by atoms with van der Waals surface area (Å²) in [4.78, 5) is 43.6. The first kappa shape index (κ1) is 35.4. The largest absolute Gasteiger partial charge is 0.493 e. The molecule has 0 spiro atoms. The second-order valence-corrected chi connectivity index (χ2v) is 12.1. The summed E-state index contributed by atoms with van der Waals surface area (Å²) in [6, 6.07) is 13.5. The summed E-state index contributed by atoms with van der Waals surface area (Å²) in [5.74, 6) is -1.71. The molecule has 14 heteroatoms. The molecule has 0 radical (unpaired) electrons. The molecule has 2 amide bonds. The number of likely N-dealkylation sites (N-methyl/N-ethyl adjacent to an activating group) is 1. The van der Waals surface area contributed by atoms with Crippen molar-refractivity contribution in [1.29, 1.82) is 0 Å². The van der Waals surface area contributed by atoms with Crippen LogP contribution in [0.2, 0.25) is 0 Å². The minimum atomic E-state index is -1.30. The van der Waals surface area contributed by atoms with E-state index in [9.17, 15) is 23.9 Å². The van der Waals surface area contributed by atoms with Crippen LogP contribution in [0, 0.1) is 17.0 Å². The van der Waals surface area contributed by atoms with Crippen LogP contribution in [0.1, 0.15) is 25.7 Å². The summed E-state index contributed by atoms with van der Waals surface area (Å²) >= 11 is 4.15. The third-order valence-corrected chi connectivity index (χ3v) is 8.51. The molecule has 0 saturated heterocycles. The Hall–Kier alpha value is -4.95. The number of rotatable bonds is 16. The normalized spacial score (nSPS) is 13.8. The van der Waals surface area contributed by atoms with Gasteiger partial charge in [0.2, 0.25) is 11.8 Å². The first-order valence-electron chi connectivity index (χ1n) is 15.5. The van der Waals surface area contributed by atoms with Crippen molar-refractivity contribution in [3.63, 3.8) is 0 Å². The second-order valence-electron chi connectivity index (χ2n) is 11.6. The summed E-state index contributed by atoms with van der Waals surface area (Å²) in [7, 11) is 3.23. The molecule has 1 aromatic heterocycles. The molecule has 1 unspecified atom stereocenters. The molecule has 11 nitrogen and oxygen atoms in total. The van der Waals surface area contributed by atoms with Gasteiger partial charge in [-0.15, -0.1) is 0 Å². The predicted molar refractivity (Wildman–Crippen MR) is 183 cm³/mol. The maximum absolute atomic E-state index is 15.3. The molecule has 3 aromatic carbocycles. The quantitative estimate of drug-likeness (QED) is 0.0619. The molecule has 1 saturated carbocycles. The number of carboxylic acid groups (broad SMARTS) is 1. The van der Waals surface area contributed by atoms with E-state index in [1.165, 1.54) is 49.7 Å². The number of fused-ring (bicyclic) bond motifs is 1. The summed E-state index contributed by atoms with van der Waals surface area (Å²) in [5.41, 5.74) is -0.295. The Kier molecular flexibility index (Phi) is 11.2. The Morgan fingerprint density at radius 3 is 2.29 bits per heavy atom. The first-order valence-corrected chi connectivity index (χ1v) is 16.2. The average Bonchev–Trinajstić information content (AvgIpc) is 3.90. The molecule has 258 valence electrons. The number of amides is 2. The van der Waals surface area contributed by atoms with Crippen molar-refractivity contribution in [2.24, 2.45) is 5.41 Å². The molecule has 1 heterocycles. The number of carboxylic acids is 1. The van der Waals surface area contributed by atoms with Crippen LogP contribution in [0.25, 0.3) is 10.9 Å². The van der Waals surface area contributed by atoms with Crippen molar-refractivity contribution in [3.8, 4) is 23.0 Å². The highest BCUT2D eigenvalue weighted by Crippen LogP contribution is 2.47. The molecule has 0 bridgehead atoms. The molecule has 0 aliphatic heterocycles. The topological polar surface area (TPSA) is 139 Å². The standard InChI is InChI=1S/C35H36F2N4O7S/c1-41(27(11-17-49)32(42)43)15-3-16-47-31-20-26-24(19-30(31)46-2)28(10-14-38-26)48-29-9-8-23(18-25(29)37)40-34(45)35(12-13-35)33(44)39-22-6-4-21(36)5-7-22/h4-10,14,18-20,27,49H,3,11-13,15-17H2,1-2H3,(H,39,44)(H,40,45)(H,42,43). The van der Waals surface area contributed by atoms with E-state index < -0.39 is 40.9 Å². The van der Waals surface area contributed by atoms with E-state index in [1.54, 1.807) is 30.1 Å². The van der Waals surface area contributed by atoms with Crippen molar-refractivity contribution < 1.29 is 42.5 Å². The zero-order valence-corrected chi connectivity index (χ0v) is 27.8. The van der Waals surface area contributed by atoms with Crippen molar-refractivity contribution in [1.82, 2.24) is 9.88 Å². The fourth-order valence-electron chi connectivity index (χ4n) is 5.29. The lowest BCUT2D eigenvalue weighted by atomic mass is 10.0. The minimum Gasteiger partial charge on any atom is -0.493 e. The Bertz CT molecular complexity index is 1840. The van der Waals surface area contributed by atoms with E-state index in [-0.39, 0.29) is 11.4 Å². The highest BCUT2D eigenvalue weighted by Gasteiger charge is 2.56. The number of ether oxygens (including phenoxy) is 3. The van der Waals surface area contributed by atoms with Gasteiger partial charge < -0.3 is 30.0 Å². The van der Waals surface area contributed by atoms with E-state index in [2.05, 4.69) is 28.2 Å². The molecule has 49 heavy (non-hydrogen) atoms. The average molecular weight is 695 g/mol. The van der Waals surface area contributed by atoms with Crippen LogP contribution in [-0.2, 0) is 14.4 Å². The van der Waals surface area contributed by atoms with Crippen molar-refractivity contribution in [2.75, 3.05) is 43.7 Å². The van der Waals surface area contributed by atoms with Crippen molar-refractivity contribution in [2.45, 2.75) is 31.7 Å². The highest BCUT2D eigenvalue weighted by atomic mass is 32.1. The molecule has 4 aromatic rings. The molecular weight excluding hydrogens is 658 g/mol. The van der Waals surface area contributed by atoms with Crippen LogP contribution in [0.3, 0.4) is 0 Å². The Balaban J connectivity index is 1.23. The van der Waals surface area contributed by atoms with Crippen LogP contribution in [0.4, 0.5) is 20.2 Å². The second kappa shape index (κ2) is 15.5.